The van der Waals surface area contributed by atoms with E-state index >= 15 is 0 Å². The molecular formula is C18H29BrN2. The fraction of sp³-hybridized carbons (Fsp3) is 0.722. The first-order valence-electron chi connectivity index (χ1n) is 8.34. The van der Waals surface area contributed by atoms with Gasteiger partial charge >= 0.3 is 0 Å². The Morgan fingerprint density at radius 3 is 2.62 bits per heavy atom. The van der Waals surface area contributed by atoms with Gasteiger partial charge in [0, 0.05) is 28.8 Å². The van der Waals surface area contributed by atoms with Crippen LogP contribution in [0.5, 0.6) is 0 Å². The number of aromatic nitrogens is 1. The van der Waals surface area contributed by atoms with Crippen molar-refractivity contribution in [3.63, 3.8) is 0 Å². The summed E-state index contributed by atoms with van der Waals surface area (Å²) in [6.45, 7) is 8.18. The maximum atomic E-state index is 4.56. The fourth-order valence-corrected chi connectivity index (χ4v) is 3.55. The quantitative estimate of drug-likeness (QED) is 0.781. The highest BCUT2D eigenvalue weighted by Gasteiger charge is 2.31. The van der Waals surface area contributed by atoms with E-state index < -0.39 is 0 Å². The van der Waals surface area contributed by atoms with Crippen molar-refractivity contribution in [3.05, 3.63) is 28.5 Å². The number of halogens is 1. The Morgan fingerprint density at radius 1 is 1.33 bits per heavy atom. The molecule has 0 spiro atoms. The van der Waals surface area contributed by atoms with Crippen molar-refractivity contribution < 1.29 is 0 Å². The van der Waals surface area contributed by atoms with Crippen LogP contribution in [0.3, 0.4) is 0 Å². The van der Waals surface area contributed by atoms with E-state index in [1.54, 1.807) is 0 Å². The molecule has 1 fully saturated rings. The van der Waals surface area contributed by atoms with Crippen molar-refractivity contribution in [2.24, 2.45) is 11.3 Å². The summed E-state index contributed by atoms with van der Waals surface area (Å²) in [6, 6.07) is 4.83. The molecule has 0 aromatic carbocycles. The molecule has 1 unspecified atom stereocenters. The number of rotatable bonds is 6. The zero-order chi connectivity index (χ0) is 15.3. The lowest BCUT2D eigenvalue weighted by Gasteiger charge is -2.38. The molecule has 2 rings (SSSR count). The molecule has 1 aliphatic rings. The Kier molecular flexibility index (Phi) is 6.24. The third-order valence-corrected chi connectivity index (χ3v) is 5.30. The van der Waals surface area contributed by atoms with Gasteiger partial charge in [0.25, 0.3) is 0 Å². The summed E-state index contributed by atoms with van der Waals surface area (Å²) < 4.78 is 1.06. The summed E-state index contributed by atoms with van der Waals surface area (Å²) in [5, 5.41) is 3.78. The third-order valence-electron chi connectivity index (χ3n) is 4.83. The molecule has 1 heterocycles. The van der Waals surface area contributed by atoms with Crippen molar-refractivity contribution in [2.45, 2.75) is 65.3 Å². The number of hydrogen-bond acceptors (Lipinski definition) is 2. The second kappa shape index (κ2) is 7.73. The Hall–Kier alpha value is -0.410. The van der Waals surface area contributed by atoms with Gasteiger partial charge in [-0.3, -0.25) is 4.98 Å². The summed E-state index contributed by atoms with van der Waals surface area (Å²) in [5.74, 6) is 0.801. The van der Waals surface area contributed by atoms with E-state index in [2.05, 4.69) is 59.1 Å². The Balaban J connectivity index is 1.99. The summed E-state index contributed by atoms with van der Waals surface area (Å²) in [4.78, 5) is 4.56. The van der Waals surface area contributed by atoms with Crippen LogP contribution in [0.15, 0.2) is 22.8 Å². The van der Waals surface area contributed by atoms with E-state index in [9.17, 15) is 0 Å². The first-order chi connectivity index (χ1) is 10.00. The maximum Gasteiger partial charge on any atom is 0.0420 e. The summed E-state index contributed by atoms with van der Waals surface area (Å²) >= 11 is 3.46. The van der Waals surface area contributed by atoms with E-state index in [0.717, 1.165) is 23.4 Å². The van der Waals surface area contributed by atoms with Crippen LogP contribution in [0.4, 0.5) is 0 Å². The summed E-state index contributed by atoms with van der Waals surface area (Å²) in [7, 11) is 0. The Labute approximate surface area is 138 Å². The topological polar surface area (TPSA) is 24.9 Å². The normalized spacial score (nSPS) is 20.4. The van der Waals surface area contributed by atoms with Crippen LogP contribution >= 0.6 is 15.9 Å². The van der Waals surface area contributed by atoms with Crippen LogP contribution < -0.4 is 5.32 Å². The average Bonchev–Trinajstić information content (AvgIpc) is 2.46. The molecule has 3 heteroatoms. The Bertz CT molecular complexity index is 417. The van der Waals surface area contributed by atoms with Gasteiger partial charge in [0.2, 0.25) is 0 Å². The molecule has 1 saturated carbocycles. The molecule has 0 saturated heterocycles. The molecule has 1 N–H and O–H groups in total. The molecule has 0 bridgehead atoms. The first-order valence-corrected chi connectivity index (χ1v) is 9.13. The zero-order valence-corrected chi connectivity index (χ0v) is 15.2. The monoisotopic (exact) mass is 352 g/mol. The molecule has 1 aromatic heterocycles. The molecule has 0 aliphatic heterocycles. The van der Waals surface area contributed by atoms with Crippen LogP contribution in [0.25, 0.3) is 0 Å². The molecule has 0 radical (unpaired) electrons. The highest BCUT2D eigenvalue weighted by atomic mass is 79.9. The number of hydrogen-bond donors (Lipinski definition) is 1. The molecular weight excluding hydrogens is 324 g/mol. The molecule has 0 amide bonds. The van der Waals surface area contributed by atoms with Crippen LogP contribution in [-0.4, -0.2) is 17.6 Å². The van der Waals surface area contributed by atoms with Crippen LogP contribution in [-0.2, 0) is 6.42 Å². The van der Waals surface area contributed by atoms with Gasteiger partial charge in [-0.1, -0.05) is 20.8 Å². The molecule has 21 heavy (non-hydrogen) atoms. The lowest BCUT2D eigenvalue weighted by molar-refractivity contribution is 0.160. The van der Waals surface area contributed by atoms with Crippen molar-refractivity contribution in [3.8, 4) is 0 Å². The lowest BCUT2D eigenvalue weighted by Crippen LogP contribution is -2.41. The van der Waals surface area contributed by atoms with Crippen molar-refractivity contribution in [1.82, 2.24) is 10.3 Å². The Morgan fingerprint density at radius 2 is 2.05 bits per heavy atom. The minimum absolute atomic E-state index is 0.543. The number of pyridine rings is 1. The fourth-order valence-electron chi connectivity index (χ4n) is 3.31. The highest BCUT2D eigenvalue weighted by Crippen LogP contribution is 2.39. The molecule has 1 aromatic rings. The van der Waals surface area contributed by atoms with Crippen molar-refractivity contribution in [2.75, 3.05) is 6.54 Å². The molecule has 118 valence electrons. The van der Waals surface area contributed by atoms with Gasteiger partial charge in [-0.25, -0.2) is 0 Å². The zero-order valence-electron chi connectivity index (χ0n) is 13.7. The number of nitrogens with one attached hydrogen (secondary N) is 1. The maximum absolute atomic E-state index is 4.56. The second-order valence-electron chi connectivity index (χ2n) is 7.23. The van der Waals surface area contributed by atoms with E-state index in [-0.39, 0.29) is 0 Å². The molecule has 2 nitrogen and oxygen atoms in total. The van der Waals surface area contributed by atoms with Crippen molar-refractivity contribution >= 4 is 15.9 Å². The van der Waals surface area contributed by atoms with Crippen molar-refractivity contribution in [1.29, 1.82) is 0 Å². The number of nitrogens with zero attached hydrogens (tertiary/aromatic N) is 1. The van der Waals surface area contributed by atoms with Crippen LogP contribution in [0, 0.1) is 11.3 Å². The minimum Gasteiger partial charge on any atom is -0.313 e. The van der Waals surface area contributed by atoms with E-state index in [1.807, 2.05) is 6.20 Å². The predicted molar refractivity (Wildman–Crippen MR) is 93.5 cm³/mol. The third kappa shape index (κ3) is 5.37. The predicted octanol–water partition coefficient (Wildman–Crippen LogP) is 4.97. The SMILES string of the molecule is CCCNC(Cc1ccc(Br)cn1)C1CCC(C)(C)CC1. The van der Waals surface area contributed by atoms with Gasteiger partial charge in [-0.2, -0.15) is 0 Å². The van der Waals surface area contributed by atoms with Gasteiger partial charge in [-0.05, 0) is 78.0 Å². The minimum atomic E-state index is 0.543. The second-order valence-corrected chi connectivity index (χ2v) is 8.15. The largest absolute Gasteiger partial charge is 0.313 e. The summed E-state index contributed by atoms with van der Waals surface area (Å²) in [6.07, 6.45) is 9.58. The van der Waals surface area contributed by atoms with Crippen LogP contribution in [0.1, 0.15) is 58.6 Å². The smallest absolute Gasteiger partial charge is 0.0420 e. The van der Waals surface area contributed by atoms with E-state index in [4.69, 9.17) is 0 Å². The summed E-state index contributed by atoms with van der Waals surface area (Å²) in [5.41, 5.74) is 1.75. The average molecular weight is 353 g/mol. The van der Waals surface area contributed by atoms with E-state index in [0.29, 0.717) is 11.5 Å². The van der Waals surface area contributed by atoms with Gasteiger partial charge in [0.1, 0.15) is 0 Å². The van der Waals surface area contributed by atoms with Crippen LogP contribution in [0.2, 0.25) is 0 Å². The van der Waals surface area contributed by atoms with Gasteiger partial charge in [0.15, 0.2) is 0 Å². The molecule has 1 atom stereocenters. The lowest BCUT2D eigenvalue weighted by atomic mass is 9.70. The molecule has 1 aliphatic carbocycles. The van der Waals surface area contributed by atoms with Gasteiger partial charge < -0.3 is 5.32 Å². The van der Waals surface area contributed by atoms with Gasteiger partial charge in [-0.15, -0.1) is 0 Å². The standard InChI is InChI=1S/C18H29BrN2/c1-4-11-20-17(12-16-6-5-15(19)13-21-16)14-7-9-18(2,3)10-8-14/h5-6,13-14,17,20H,4,7-12H2,1-3H3. The highest BCUT2D eigenvalue weighted by molar-refractivity contribution is 9.10. The van der Waals surface area contributed by atoms with E-state index in [1.165, 1.54) is 37.8 Å². The van der Waals surface area contributed by atoms with Gasteiger partial charge in [0.05, 0.1) is 0 Å². The first kappa shape index (κ1) is 17.0.